The van der Waals surface area contributed by atoms with Gasteiger partial charge >= 0.3 is 0 Å². The van der Waals surface area contributed by atoms with Gasteiger partial charge in [-0.15, -0.1) is 11.3 Å². The largest absolute Gasteiger partial charge is 0.396 e. The molecule has 1 aliphatic heterocycles. The number of rotatable bonds is 4. The smallest absolute Gasteiger partial charge is 0.141 e. The molecule has 1 saturated heterocycles. The highest BCUT2D eigenvalue weighted by atomic mass is 32.1. The van der Waals surface area contributed by atoms with Crippen LogP contribution in [0.3, 0.4) is 0 Å². The molecule has 0 bridgehead atoms. The first-order valence-corrected chi connectivity index (χ1v) is 10.4. The van der Waals surface area contributed by atoms with Gasteiger partial charge in [0.25, 0.3) is 0 Å². The van der Waals surface area contributed by atoms with Crippen LogP contribution in [0, 0.1) is 5.92 Å². The van der Waals surface area contributed by atoms with Crippen molar-refractivity contribution >= 4 is 27.4 Å². The standard InChI is InChI=1S/C21H23N3OS/c25-12-14-5-4-10-24(11-14)20-18-17(15-6-2-1-3-7-15)13-26-21(18)23-19(22-20)16-8-9-16/h1-3,6-7,13-14,16,25H,4-5,8-12H2. The van der Waals surface area contributed by atoms with E-state index < -0.39 is 0 Å². The van der Waals surface area contributed by atoms with Crippen LogP contribution in [-0.4, -0.2) is 34.8 Å². The van der Waals surface area contributed by atoms with Crippen molar-refractivity contribution in [2.45, 2.75) is 31.6 Å². The molecule has 2 fully saturated rings. The summed E-state index contributed by atoms with van der Waals surface area (Å²) in [7, 11) is 0. The molecule has 1 aromatic carbocycles. The quantitative estimate of drug-likeness (QED) is 0.742. The molecule has 4 nitrogen and oxygen atoms in total. The van der Waals surface area contributed by atoms with Crippen molar-refractivity contribution < 1.29 is 5.11 Å². The third-order valence-electron chi connectivity index (χ3n) is 5.54. The lowest BCUT2D eigenvalue weighted by Crippen LogP contribution is -2.37. The van der Waals surface area contributed by atoms with Crippen molar-refractivity contribution in [3.63, 3.8) is 0 Å². The third kappa shape index (κ3) is 2.89. The van der Waals surface area contributed by atoms with Crippen molar-refractivity contribution in [2.24, 2.45) is 5.92 Å². The summed E-state index contributed by atoms with van der Waals surface area (Å²) < 4.78 is 0. The lowest BCUT2D eigenvalue weighted by Gasteiger charge is -2.33. The first-order chi connectivity index (χ1) is 12.8. The number of benzene rings is 1. The summed E-state index contributed by atoms with van der Waals surface area (Å²) in [6, 6.07) is 10.5. The van der Waals surface area contributed by atoms with E-state index in [2.05, 4.69) is 40.6 Å². The second-order valence-corrected chi connectivity index (χ2v) is 8.37. The van der Waals surface area contributed by atoms with E-state index in [1.54, 1.807) is 11.3 Å². The molecule has 2 aliphatic rings. The van der Waals surface area contributed by atoms with E-state index in [9.17, 15) is 5.11 Å². The Labute approximate surface area is 157 Å². The Morgan fingerprint density at radius 2 is 1.96 bits per heavy atom. The van der Waals surface area contributed by atoms with Gasteiger partial charge < -0.3 is 10.0 Å². The minimum atomic E-state index is 0.259. The second-order valence-electron chi connectivity index (χ2n) is 7.51. The number of fused-ring (bicyclic) bond motifs is 1. The molecule has 3 aromatic rings. The SMILES string of the molecule is OCC1CCCN(c2nc(C3CC3)nc3scc(-c4ccccc4)c23)C1. The number of nitrogens with zero attached hydrogens (tertiary/aromatic N) is 3. The Kier molecular flexibility index (Phi) is 4.14. The van der Waals surface area contributed by atoms with Crippen LogP contribution in [0.5, 0.6) is 0 Å². The van der Waals surface area contributed by atoms with Gasteiger partial charge in [0.2, 0.25) is 0 Å². The summed E-state index contributed by atoms with van der Waals surface area (Å²) >= 11 is 1.73. The van der Waals surface area contributed by atoms with Crippen molar-refractivity contribution in [1.82, 2.24) is 9.97 Å². The number of aliphatic hydroxyl groups is 1. The van der Waals surface area contributed by atoms with Gasteiger partial charge in [0.05, 0.1) is 5.39 Å². The van der Waals surface area contributed by atoms with Crippen LogP contribution in [0.4, 0.5) is 5.82 Å². The zero-order valence-electron chi connectivity index (χ0n) is 14.8. The summed E-state index contributed by atoms with van der Waals surface area (Å²) in [6.45, 7) is 2.16. The van der Waals surface area contributed by atoms with E-state index in [0.717, 1.165) is 42.4 Å². The van der Waals surface area contributed by atoms with Crippen molar-refractivity contribution in [2.75, 3.05) is 24.6 Å². The van der Waals surface area contributed by atoms with Crippen LogP contribution in [0.1, 0.15) is 37.4 Å². The van der Waals surface area contributed by atoms with Gasteiger partial charge in [-0.3, -0.25) is 0 Å². The van der Waals surface area contributed by atoms with Gasteiger partial charge in [-0.25, -0.2) is 9.97 Å². The average molecular weight is 366 g/mol. The fourth-order valence-corrected chi connectivity index (χ4v) is 4.88. The molecule has 0 spiro atoms. The molecule has 134 valence electrons. The van der Waals surface area contributed by atoms with E-state index >= 15 is 0 Å². The van der Waals surface area contributed by atoms with Crippen LogP contribution in [0.2, 0.25) is 0 Å². The van der Waals surface area contributed by atoms with Crippen LogP contribution < -0.4 is 4.90 Å². The van der Waals surface area contributed by atoms with Gasteiger partial charge in [-0.05, 0) is 37.2 Å². The monoisotopic (exact) mass is 365 g/mol. The molecule has 5 heteroatoms. The zero-order chi connectivity index (χ0) is 17.5. The Balaban J connectivity index is 1.67. The minimum absolute atomic E-state index is 0.259. The van der Waals surface area contributed by atoms with Gasteiger partial charge in [0, 0.05) is 36.6 Å². The highest BCUT2D eigenvalue weighted by Crippen LogP contribution is 2.44. The van der Waals surface area contributed by atoms with E-state index in [1.165, 1.54) is 29.4 Å². The maximum Gasteiger partial charge on any atom is 0.141 e. The van der Waals surface area contributed by atoms with Crippen LogP contribution in [-0.2, 0) is 0 Å². The fourth-order valence-electron chi connectivity index (χ4n) is 3.93. The summed E-state index contributed by atoms with van der Waals surface area (Å²) in [6.07, 6.45) is 4.63. The number of anilines is 1. The molecule has 1 unspecified atom stereocenters. The Morgan fingerprint density at radius 3 is 2.73 bits per heavy atom. The minimum Gasteiger partial charge on any atom is -0.396 e. The molecule has 0 amide bonds. The molecular weight excluding hydrogens is 342 g/mol. The molecule has 1 N–H and O–H groups in total. The number of thiophene rings is 1. The molecule has 0 radical (unpaired) electrons. The molecule has 3 heterocycles. The van der Waals surface area contributed by atoms with Crippen molar-refractivity contribution in [3.05, 3.63) is 41.5 Å². The van der Waals surface area contributed by atoms with Crippen LogP contribution in [0.25, 0.3) is 21.3 Å². The normalized spacial score (nSPS) is 20.7. The number of aliphatic hydroxyl groups excluding tert-OH is 1. The first-order valence-electron chi connectivity index (χ1n) is 9.54. The third-order valence-corrected chi connectivity index (χ3v) is 6.41. The summed E-state index contributed by atoms with van der Waals surface area (Å²) in [4.78, 5) is 13.5. The topological polar surface area (TPSA) is 49.2 Å². The average Bonchev–Trinajstić information content (AvgIpc) is 3.47. The highest BCUT2D eigenvalue weighted by Gasteiger charge is 2.30. The molecule has 1 aliphatic carbocycles. The van der Waals surface area contributed by atoms with Gasteiger partial charge in [-0.2, -0.15) is 0 Å². The number of aromatic nitrogens is 2. The van der Waals surface area contributed by atoms with E-state index in [-0.39, 0.29) is 6.61 Å². The Hall–Kier alpha value is -1.98. The maximum atomic E-state index is 9.66. The van der Waals surface area contributed by atoms with Crippen molar-refractivity contribution in [1.29, 1.82) is 0 Å². The molecule has 2 aromatic heterocycles. The molecule has 26 heavy (non-hydrogen) atoms. The van der Waals surface area contributed by atoms with Crippen LogP contribution >= 0.6 is 11.3 Å². The van der Waals surface area contributed by atoms with E-state index in [0.29, 0.717) is 11.8 Å². The Bertz CT molecular complexity index is 920. The summed E-state index contributed by atoms with van der Waals surface area (Å²) in [5.74, 6) is 2.98. The van der Waals surface area contributed by atoms with E-state index in [1.807, 2.05) is 0 Å². The van der Waals surface area contributed by atoms with Gasteiger partial charge in [-0.1, -0.05) is 30.3 Å². The predicted molar refractivity (Wildman–Crippen MR) is 107 cm³/mol. The van der Waals surface area contributed by atoms with Gasteiger partial charge in [0.1, 0.15) is 16.5 Å². The lowest BCUT2D eigenvalue weighted by atomic mass is 9.98. The molecule has 1 atom stereocenters. The lowest BCUT2D eigenvalue weighted by molar-refractivity contribution is 0.208. The molecular formula is C21H23N3OS. The zero-order valence-corrected chi connectivity index (χ0v) is 15.6. The summed E-state index contributed by atoms with van der Waals surface area (Å²) in [5, 5.41) is 13.1. The molecule has 1 saturated carbocycles. The fraction of sp³-hybridized carbons (Fsp3) is 0.429. The number of hydrogen-bond donors (Lipinski definition) is 1. The van der Waals surface area contributed by atoms with Crippen molar-refractivity contribution in [3.8, 4) is 11.1 Å². The predicted octanol–water partition coefficient (Wildman–Crippen LogP) is 4.44. The molecule has 5 rings (SSSR count). The second kappa shape index (κ2) is 6.63. The highest BCUT2D eigenvalue weighted by molar-refractivity contribution is 7.17. The number of hydrogen-bond acceptors (Lipinski definition) is 5. The summed E-state index contributed by atoms with van der Waals surface area (Å²) in [5.41, 5.74) is 2.45. The van der Waals surface area contributed by atoms with Crippen LogP contribution in [0.15, 0.2) is 35.7 Å². The van der Waals surface area contributed by atoms with E-state index in [4.69, 9.17) is 9.97 Å². The van der Waals surface area contributed by atoms with Gasteiger partial charge in [0.15, 0.2) is 0 Å². The Morgan fingerprint density at radius 1 is 1.12 bits per heavy atom. The number of piperidine rings is 1. The first kappa shape index (κ1) is 16.2. The maximum absolute atomic E-state index is 9.66.